The molecule has 1 fully saturated rings. The third kappa shape index (κ3) is 4.48. The quantitative estimate of drug-likeness (QED) is 0.711. The summed E-state index contributed by atoms with van der Waals surface area (Å²) in [5.74, 6) is -0.497. The number of hydrogen-bond donors (Lipinski definition) is 1. The Hall–Kier alpha value is -0.930. The number of benzene rings is 1. The summed E-state index contributed by atoms with van der Waals surface area (Å²) in [5, 5.41) is 5.19. The van der Waals surface area contributed by atoms with Crippen molar-refractivity contribution in [2.75, 3.05) is 13.1 Å². The molecule has 0 radical (unpaired) electrons. The Morgan fingerprint density at radius 3 is 2.88 bits per heavy atom. The van der Waals surface area contributed by atoms with E-state index in [4.69, 9.17) is 11.6 Å². The van der Waals surface area contributed by atoms with Gasteiger partial charge < -0.3 is 5.32 Å². The van der Waals surface area contributed by atoms with E-state index in [1.54, 1.807) is 23.6 Å². The summed E-state index contributed by atoms with van der Waals surface area (Å²) in [4.78, 5) is 12.5. The highest BCUT2D eigenvalue weighted by atomic mass is 79.9. The molecule has 0 aliphatic carbocycles. The summed E-state index contributed by atoms with van der Waals surface area (Å²) in [5.41, 5.74) is 0.821. The maximum Gasteiger partial charge on any atom is 0.252 e. The number of carbonyl (C=O) groups is 1. The monoisotopic (exact) mass is 476 g/mol. The minimum absolute atomic E-state index is 0.143. The minimum Gasteiger partial charge on any atom is -0.352 e. The fourth-order valence-corrected chi connectivity index (χ4v) is 6.31. The lowest BCUT2D eigenvalue weighted by atomic mass is 9.99. The second-order valence-electron chi connectivity index (χ2n) is 6.09. The van der Waals surface area contributed by atoms with Gasteiger partial charge in [-0.15, -0.1) is 11.3 Å². The summed E-state index contributed by atoms with van der Waals surface area (Å²) in [6.07, 6.45) is 1.35. The molecule has 26 heavy (non-hydrogen) atoms. The maximum atomic E-state index is 12.7. The van der Waals surface area contributed by atoms with Crippen LogP contribution in [0, 0.1) is 5.92 Å². The van der Waals surface area contributed by atoms with Gasteiger partial charge in [0.25, 0.3) is 10.0 Å². The number of nitrogens with zero attached hydrogens (tertiary/aromatic N) is 1. The Kier molecular flexibility index (Phi) is 6.40. The molecule has 0 spiro atoms. The molecule has 1 atom stereocenters. The molecule has 3 rings (SSSR count). The molecular weight excluding hydrogens is 460 g/mol. The lowest BCUT2D eigenvalue weighted by molar-refractivity contribution is -0.126. The van der Waals surface area contributed by atoms with Gasteiger partial charge in [-0.1, -0.05) is 39.7 Å². The molecule has 1 saturated heterocycles. The van der Waals surface area contributed by atoms with Crippen LogP contribution in [0.4, 0.5) is 0 Å². The van der Waals surface area contributed by atoms with Crippen LogP contribution in [0.15, 0.2) is 44.4 Å². The van der Waals surface area contributed by atoms with Gasteiger partial charge in [-0.3, -0.25) is 4.79 Å². The summed E-state index contributed by atoms with van der Waals surface area (Å²) < 4.78 is 27.9. The first kappa shape index (κ1) is 19.8. The molecule has 1 N–H and O–H groups in total. The van der Waals surface area contributed by atoms with Crippen molar-refractivity contribution in [3.8, 4) is 0 Å². The zero-order valence-electron chi connectivity index (χ0n) is 13.8. The highest BCUT2D eigenvalue weighted by Crippen LogP contribution is 2.27. The topological polar surface area (TPSA) is 66.5 Å². The van der Waals surface area contributed by atoms with Gasteiger partial charge in [-0.05, 0) is 42.0 Å². The van der Waals surface area contributed by atoms with E-state index in [-0.39, 0.29) is 18.4 Å². The van der Waals surface area contributed by atoms with Crippen LogP contribution in [0.3, 0.4) is 0 Å². The number of amides is 1. The molecule has 0 bridgehead atoms. The Morgan fingerprint density at radius 2 is 2.19 bits per heavy atom. The van der Waals surface area contributed by atoms with Gasteiger partial charge in [0.15, 0.2) is 0 Å². The Balaban J connectivity index is 1.63. The van der Waals surface area contributed by atoms with Crippen LogP contribution in [0.25, 0.3) is 0 Å². The van der Waals surface area contributed by atoms with Crippen molar-refractivity contribution in [1.29, 1.82) is 0 Å². The van der Waals surface area contributed by atoms with E-state index in [1.165, 1.54) is 15.6 Å². The van der Waals surface area contributed by atoms with E-state index in [9.17, 15) is 13.2 Å². The van der Waals surface area contributed by atoms with Gasteiger partial charge in [0, 0.05) is 29.1 Å². The summed E-state index contributed by atoms with van der Waals surface area (Å²) >= 11 is 10.7. The SMILES string of the molecule is O=C(NCc1ccc(Br)cc1Cl)C1CCCN(S(=O)(=O)c2cccs2)C1. The molecule has 2 heterocycles. The smallest absolute Gasteiger partial charge is 0.252 e. The number of piperidine rings is 1. The molecule has 1 aliphatic heterocycles. The van der Waals surface area contributed by atoms with Crippen LogP contribution >= 0.6 is 38.9 Å². The average molecular weight is 478 g/mol. The average Bonchev–Trinajstić information content (AvgIpc) is 3.16. The van der Waals surface area contributed by atoms with Gasteiger partial charge in [0.05, 0.1) is 5.92 Å². The molecule has 1 aromatic carbocycles. The lowest BCUT2D eigenvalue weighted by Crippen LogP contribution is -2.45. The molecule has 1 amide bonds. The van der Waals surface area contributed by atoms with Crippen molar-refractivity contribution in [3.05, 3.63) is 50.8 Å². The van der Waals surface area contributed by atoms with Crippen molar-refractivity contribution >= 4 is 54.8 Å². The predicted octanol–water partition coefficient (Wildman–Crippen LogP) is 3.88. The summed E-state index contributed by atoms with van der Waals surface area (Å²) in [6, 6.07) is 8.80. The van der Waals surface area contributed by atoms with E-state index < -0.39 is 10.0 Å². The lowest BCUT2D eigenvalue weighted by Gasteiger charge is -2.30. The van der Waals surface area contributed by atoms with Crippen LogP contribution in [-0.2, 0) is 21.4 Å². The number of hydrogen-bond acceptors (Lipinski definition) is 4. The first-order chi connectivity index (χ1) is 12.4. The number of carbonyl (C=O) groups excluding carboxylic acids is 1. The van der Waals surface area contributed by atoms with Gasteiger partial charge in [-0.25, -0.2) is 8.42 Å². The highest BCUT2D eigenvalue weighted by Gasteiger charge is 2.33. The number of nitrogens with one attached hydrogen (secondary N) is 1. The van der Waals surface area contributed by atoms with Crippen LogP contribution in [0.2, 0.25) is 5.02 Å². The van der Waals surface area contributed by atoms with Crippen molar-refractivity contribution in [1.82, 2.24) is 9.62 Å². The normalized spacial score (nSPS) is 18.6. The molecule has 140 valence electrons. The van der Waals surface area contributed by atoms with Gasteiger partial charge in [0.2, 0.25) is 5.91 Å². The van der Waals surface area contributed by atoms with Crippen molar-refractivity contribution < 1.29 is 13.2 Å². The van der Waals surface area contributed by atoms with Crippen LogP contribution < -0.4 is 5.32 Å². The standard InChI is InChI=1S/C17H18BrClN2O3S2/c18-14-6-5-12(15(19)9-14)10-20-17(22)13-3-1-7-21(11-13)26(23,24)16-4-2-8-25-16/h2,4-6,8-9,13H,1,3,7,10-11H2,(H,20,22). The third-order valence-electron chi connectivity index (χ3n) is 4.31. The number of sulfonamides is 1. The largest absolute Gasteiger partial charge is 0.352 e. The second kappa shape index (κ2) is 8.39. The minimum atomic E-state index is -3.52. The Bertz CT molecular complexity index is 887. The van der Waals surface area contributed by atoms with Crippen LogP contribution in [-0.4, -0.2) is 31.7 Å². The van der Waals surface area contributed by atoms with Crippen LogP contribution in [0.1, 0.15) is 18.4 Å². The van der Waals surface area contributed by atoms with Crippen molar-refractivity contribution in [2.45, 2.75) is 23.6 Å². The van der Waals surface area contributed by atoms with E-state index >= 15 is 0 Å². The van der Waals surface area contributed by atoms with Gasteiger partial charge in [-0.2, -0.15) is 4.31 Å². The molecule has 5 nitrogen and oxygen atoms in total. The van der Waals surface area contributed by atoms with Crippen LogP contribution in [0.5, 0.6) is 0 Å². The van der Waals surface area contributed by atoms with Gasteiger partial charge in [0.1, 0.15) is 4.21 Å². The van der Waals surface area contributed by atoms with E-state index in [2.05, 4.69) is 21.2 Å². The molecule has 9 heteroatoms. The Labute approximate surface area is 170 Å². The number of halogens is 2. The summed E-state index contributed by atoms with van der Waals surface area (Å²) in [6.45, 7) is 0.974. The van der Waals surface area contributed by atoms with Gasteiger partial charge >= 0.3 is 0 Å². The summed E-state index contributed by atoms with van der Waals surface area (Å²) in [7, 11) is -3.52. The van der Waals surface area contributed by atoms with E-state index in [1.807, 2.05) is 12.1 Å². The molecule has 1 aromatic heterocycles. The zero-order chi connectivity index (χ0) is 18.7. The van der Waals surface area contributed by atoms with E-state index in [0.29, 0.717) is 35.2 Å². The second-order valence-corrected chi connectivity index (χ2v) is 10.5. The molecule has 1 aliphatic rings. The fraction of sp³-hybridized carbons (Fsp3) is 0.353. The van der Waals surface area contributed by atoms with E-state index in [0.717, 1.165) is 10.0 Å². The number of rotatable bonds is 5. The maximum absolute atomic E-state index is 12.7. The molecule has 2 aromatic rings. The Morgan fingerprint density at radius 1 is 1.38 bits per heavy atom. The molecule has 0 saturated carbocycles. The fourth-order valence-electron chi connectivity index (χ4n) is 2.90. The zero-order valence-corrected chi connectivity index (χ0v) is 17.8. The molecule has 1 unspecified atom stereocenters. The molecular formula is C17H18BrClN2O3S2. The van der Waals surface area contributed by atoms with Crippen molar-refractivity contribution in [3.63, 3.8) is 0 Å². The first-order valence-electron chi connectivity index (χ1n) is 8.13. The predicted molar refractivity (Wildman–Crippen MR) is 107 cm³/mol. The highest BCUT2D eigenvalue weighted by molar-refractivity contribution is 9.10. The number of thiophene rings is 1. The van der Waals surface area contributed by atoms with Crippen molar-refractivity contribution in [2.24, 2.45) is 5.92 Å². The first-order valence-corrected chi connectivity index (χ1v) is 11.6. The third-order valence-corrected chi connectivity index (χ3v) is 8.40.